The van der Waals surface area contributed by atoms with Crippen molar-refractivity contribution in [2.45, 2.75) is 20.0 Å². The molecule has 0 fully saturated rings. The number of benzene rings is 2. The second kappa shape index (κ2) is 7.90. The number of methoxy groups -OCH3 is 2. The first-order chi connectivity index (χ1) is 13.0. The zero-order valence-corrected chi connectivity index (χ0v) is 15.7. The summed E-state index contributed by atoms with van der Waals surface area (Å²) < 4.78 is 17.3. The third kappa shape index (κ3) is 3.92. The van der Waals surface area contributed by atoms with Crippen LogP contribution in [-0.4, -0.2) is 41.0 Å². The summed E-state index contributed by atoms with van der Waals surface area (Å²) in [5, 5.41) is 4.27. The minimum absolute atomic E-state index is 0.120. The van der Waals surface area contributed by atoms with Gasteiger partial charge in [0.25, 0.3) is 5.91 Å². The minimum atomic E-state index is -0.357. The van der Waals surface area contributed by atoms with Gasteiger partial charge in [-0.25, -0.2) is 0 Å². The first-order valence-electron chi connectivity index (χ1n) is 8.49. The van der Waals surface area contributed by atoms with Gasteiger partial charge in [-0.2, -0.15) is 9.67 Å². The predicted octanol–water partition coefficient (Wildman–Crippen LogP) is 3.44. The van der Waals surface area contributed by atoms with Crippen molar-refractivity contribution in [3.63, 3.8) is 0 Å². The highest BCUT2D eigenvalue weighted by atomic mass is 16.5. The van der Waals surface area contributed by atoms with Crippen LogP contribution in [0.3, 0.4) is 0 Å². The molecule has 0 radical (unpaired) electrons. The molecule has 0 aliphatic carbocycles. The molecule has 140 valence electrons. The van der Waals surface area contributed by atoms with Crippen LogP contribution in [0.1, 0.15) is 24.2 Å². The third-order valence-electron chi connectivity index (χ3n) is 3.81. The van der Waals surface area contributed by atoms with Gasteiger partial charge in [0.15, 0.2) is 5.82 Å². The Kier molecular flexibility index (Phi) is 5.40. The molecule has 2 aromatic carbocycles. The van der Waals surface area contributed by atoms with E-state index >= 15 is 0 Å². The standard InChI is InChI=1S/C20H21N3O4/c1-13(2)27-20-21-18(14-9-11-15(25-3)12-10-14)23(22-20)19(24)16-7-5-6-8-17(16)26-4/h5-13H,1-4H3. The second-order valence-electron chi connectivity index (χ2n) is 6.03. The van der Waals surface area contributed by atoms with Gasteiger partial charge in [-0.1, -0.05) is 12.1 Å². The van der Waals surface area contributed by atoms with Crippen LogP contribution in [0.5, 0.6) is 17.5 Å². The Morgan fingerprint density at radius 3 is 2.33 bits per heavy atom. The summed E-state index contributed by atoms with van der Waals surface area (Å²) in [4.78, 5) is 17.5. The highest BCUT2D eigenvalue weighted by Gasteiger charge is 2.22. The first kappa shape index (κ1) is 18.4. The fraction of sp³-hybridized carbons (Fsp3) is 0.250. The van der Waals surface area contributed by atoms with E-state index in [1.807, 2.05) is 26.0 Å². The average Bonchev–Trinajstić information content (AvgIpc) is 3.10. The quantitative estimate of drug-likeness (QED) is 0.664. The lowest BCUT2D eigenvalue weighted by molar-refractivity contribution is 0.0940. The number of carbonyl (C=O) groups is 1. The van der Waals surface area contributed by atoms with E-state index in [0.717, 1.165) is 0 Å². The fourth-order valence-electron chi connectivity index (χ4n) is 2.56. The topological polar surface area (TPSA) is 75.5 Å². The molecule has 0 N–H and O–H groups in total. The lowest BCUT2D eigenvalue weighted by Crippen LogP contribution is -2.16. The molecule has 0 bridgehead atoms. The summed E-state index contributed by atoms with van der Waals surface area (Å²) in [7, 11) is 3.11. The van der Waals surface area contributed by atoms with Crippen molar-refractivity contribution in [3.8, 4) is 28.9 Å². The molecular weight excluding hydrogens is 346 g/mol. The van der Waals surface area contributed by atoms with E-state index in [1.165, 1.54) is 11.8 Å². The average molecular weight is 367 g/mol. The van der Waals surface area contributed by atoms with Gasteiger partial charge in [-0.15, -0.1) is 5.10 Å². The van der Waals surface area contributed by atoms with Gasteiger partial charge >= 0.3 is 6.01 Å². The molecular formula is C20H21N3O4. The van der Waals surface area contributed by atoms with Gasteiger partial charge in [0.05, 0.1) is 25.9 Å². The smallest absolute Gasteiger partial charge is 0.336 e. The minimum Gasteiger partial charge on any atom is -0.497 e. The Bertz CT molecular complexity index is 933. The van der Waals surface area contributed by atoms with E-state index < -0.39 is 0 Å². The van der Waals surface area contributed by atoms with Crippen LogP contribution in [0, 0.1) is 0 Å². The number of hydrogen-bond acceptors (Lipinski definition) is 6. The number of hydrogen-bond donors (Lipinski definition) is 0. The summed E-state index contributed by atoms with van der Waals surface area (Å²) in [6, 6.07) is 14.3. The van der Waals surface area contributed by atoms with Crippen LogP contribution >= 0.6 is 0 Å². The molecule has 0 unspecified atom stereocenters. The lowest BCUT2D eigenvalue weighted by Gasteiger charge is -2.09. The van der Waals surface area contributed by atoms with E-state index in [-0.39, 0.29) is 18.0 Å². The zero-order chi connectivity index (χ0) is 19.4. The second-order valence-corrected chi connectivity index (χ2v) is 6.03. The molecule has 0 spiro atoms. The normalized spacial score (nSPS) is 10.7. The van der Waals surface area contributed by atoms with Crippen molar-refractivity contribution in [3.05, 3.63) is 54.1 Å². The molecule has 27 heavy (non-hydrogen) atoms. The van der Waals surface area contributed by atoms with Crippen molar-refractivity contribution in [1.82, 2.24) is 14.8 Å². The Labute approximate surface area is 157 Å². The van der Waals surface area contributed by atoms with Crippen molar-refractivity contribution >= 4 is 5.91 Å². The molecule has 7 heteroatoms. The molecule has 0 saturated heterocycles. The molecule has 3 aromatic rings. The van der Waals surface area contributed by atoms with E-state index in [4.69, 9.17) is 14.2 Å². The summed E-state index contributed by atoms with van der Waals surface area (Å²) in [5.41, 5.74) is 1.10. The zero-order valence-electron chi connectivity index (χ0n) is 15.7. The van der Waals surface area contributed by atoms with Gasteiger partial charge in [0.2, 0.25) is 0 Å². The van der Waals surface area contributed by atoms with Gasteiger partial charge in [0, 0.05) is 5.56 Å². The van der Waals surface area contributed by atoms with Gasteiger partial charge in [-0.05, 0) is 50.2 Å². The summed E-state index contributed by atoms with van der Waals surface area (Å²) in [5.74, 6) is 1.19. The van der Waals surface area contributed by atoms with Crippen molar-refractivity contribution in [2.24, 2.45) is 0 Å². The van der Waals surface area contributed by atoms with Crippen LogP contribution in [0.4, 0.5) is 0 Å². The maximum Gasteiger partial charge on any atom is 0.336 e. The van der Waals surface area contributed by atoms with Crippen molar-refractivity contribution in [1.29, 1.82) is 0 Å². The fourth-order valence-corrected chi connectivity index (χ4v) is 2.56. The highest BCUT2D eigenvalue weighted by molar-refractivity contribution is 5.99. The van der Waals surface area contributed by atoms with E-state index in [2.05, 4.69) is 10.1 Å². The number of para-hydroxylation sites is 1. The number of rotatable bonds is 6. The third-order valence-corrected chi connectivity index (χ3v) is 3.81. The predicted molar refractivity (Wildman–Crippen MR) is 100 cm³/mol. The lowest BCUT2D eigenvalue weighted by atomic mass is 10.1. The number of carbonyl (C=O) groups excluding carboxylic acids is 1. The Hall–Kier alpha value is -3.35. The van der Waals surface area contributed by atoms with Crippen LogP contribution in [0.15, 0.2) is 48.5 Å². The summed E-state index contributed by atoms with van der Waals surface area (Å²) in [6.07, 6.45) is -0.120. The molecule has 3 rings (SSSR count). The SMILES string of the molecule is COc1ccc(-c2nc(OC(C)C)nn2C(=O)c2ccccc2OC)cc1. The first-order valence-corrected chi connectivity index (χ1v) is 8.49. The summed E-state index contributed by atoms with van der Waals surface area (Å²) in [6.45, 7) is 3.74. The Morgan fingerprint density at radius 1 is 1.00 bits per heavy atom. The molecule has 1 heterocycles. The summed E-state index contributed by atoms with van der Waals surface area (Å²) >= 11 is 0. The van der Waals surface area contributed by atoms with Crippen LogP contribution < -0.4 is 14.2 Å². The van der Waals surface area contributed by atoms with E-state index in [0.29, 0.717) is 28.5 Å². The number of ether oxygens (including phenoxy) is 3. The molecule has 0 saturated carbocycles. The number of aromatic nitrogens is 3. The van der Waals surface area contributed by atoms with Gasteiger partial charge in [0.1, 0.15) is 11.5 Å². The molecule has 7 nitrogen and oxygen atoms in total. The van der Waals surface area contributed by atoms with Crippen LogP contribution in [0.2, 0.25) is 0 Å². The molecule has 1 aromatic heterocycles. The Morgan fingerprint density at radius 2 is 1.70 bits per heavy atom. The van der Waals surface area contributed by atoms with Gasteiger partial charge < -0.3 is 14.2 Å². The maximum absolute atomic E-state index is 13.1. The van der Waals surface area contributed by atoms with Crippen LogP contribution in [-0.2, 0) is 0 Å². The number of nitrogens with zero attached hydrogens (tertiary/aromatic N) is 3. The molecule has 0 aliphatic heterocycles. The van der Waals surface area contributed by atoms with Gasteiger partial charge in [-0.3, -0.25) is 4.79 Å². The van der Waals surface area contributed by atoms with Crippen molar-refractivity contribution < 1.29 is 19.0 Å². The monoisotopic (exact) mass is 367 g/mol. The largest absolute Gasteiger partial charge is 0.497 e. The van der Waals surface area contributed by atoms with Crippen LogP contribution in [0.25, 0.3) is 11.4 Å². The van der Waals surface area contributed by atoms with Crippen molar-refractivity contribution in [2.75, 3.05) is 14.2 Å². The molecule has 0 amide bonds. The maximum atomic E-state index is 13.1. The van der Waals surface area contributed by atoms with E-state index in [9.17, 15) is 4.79 Å². The molecule has 0 atom stereocenters. The molecule has 0 aliphatic rings. The Balaban J connectivity index is 2.09. The highest BCUT2D eigenvalue weighted by Crippen LogP contribution is 2.26. The van der Waals surface area contributed by atoms with E-state index in [1.54, 1.807) is 43.5 Å².